The van der Waals surface area contributed by atoms with Gasteiger partial charge in [0, 0.05) is 18.8 Å². The van der Waals surface area contributed by atoms with Gasteiger partial charge in [0.05, 0.1) is 11.5 Å². The Kier molecular flexibility index (Phi) is 9.74. The lowest BCUT2D eigenvalue weighted by molar-refractivity contribution is -0.142. The van der Waals surface area contributed by atoms with Crippen molar-refractivity contribution in [3.05, 3.63) is 90.0 Å². The van der Waals surface area contributed by atoms with Gasteiger partial charge in [-0.1, -0.05) is 12.1 Å². The van der Waals surface area contributed by atoms with Crippen LogP contribution in [-0.2, 0) is 26.2 Å². The highest BCUT2D eigenvalue weighted by atomic mass is 32.2. The maximum Gasteiger partial charge on any atom is 0.261 e. The zero-order valence-electron chi connectivity index (χ0n) is 20.4. The summed E-state index contributed by atoms with van der Waals surface area (Å²) < 4.78 is 59.4. The van der Waals surface area contributed by atoms with E-state index in [0.717, 1.165) is 12.1 Å². The first-order chi connectivity index (χ1) is 18.1. The Bertz CT molecular complexity index is 1330. The number of nitrogens with one attached hydrogen (secondary N) is 2. The molecular weight excluding hydrogens is 520 g/mol. The SMILES string of the molecule is C[C@H](C(=O)NCCO)N(Cc1ccc(F)cc1)C(=O)COc1ccc(S(=O)(=O)Nc2ccc(F)cc2)cc1. The Morgan fingerprint density at radius 2 is 1.53 bits per heavy atom. The Hall–Kier alpha value is -4.03. The second kappa shape index (κ2) is 13.0. The van der Waals surface area contributed by atoms with Gasteiger partial charge in [0.2, 0.25) is 5.91 Å². The highest BCUT2D eigenvalue weighted by Gasteiger charge is 2.26. The molecule has 9 nitrogen and oxygen atoms in total. The maximum atomic E-state index is 13.3. The molecule has 202 valence electrons. The molecule has 12 heteroatoms. The number of aliphatic hydroxyl groups is 1. The van der Waals surface area contributed by atoms with Crippen LogP contribution >= 0.6 is 0 Å². The third-order valence-electron chi connectivity index (χ3n) is 5.44. The molecule has 3 N–H and O–H groups in total. The van der Waals surface area contributed by atoms with Gasteiger partial charge < -0.3 is 20.1 Å². The lowest BCUT2D eigenvalue weighted by Gasteiger charge is -2.28. The molecule has 0 heterocycles. The van der Waals surface area contributed by atoms with Crippen molar-refractivity contribution < 1.29 is 36.6 Å². The molecule has 3 aromatic rings. The first-order valence-corrected chi connectivity index (χ1v) is 13.0. The fourth-order valence-corrected chi connectivity index (χ4v) is 4.43. The van der Waals surface area contributed by atoms with E-state index < -0.39 is 46.1 Å². The van der Waals surface area contributed by atoms with Gasteiger partial charge in [0.25, 0.3) is 15.9 Å². The van der Waals surface area contributed by atoms with Crippen LogP contribution < -0.4 is 14.8 Å². The third kappa shape index (κ3) is 7.98. The van der Waals surface area contributed by atoms with Crippen LogP contribution in [0.4, 0.5) is 14.5 Å². The van der Waals surface area contributed by atoms with Crippen molar-refractivity contribution in [2.45, 2.75) is 24.4 Å². The number of anilines is 1. The maximum absolute atomic E-state index is 13.3. The number of hydrogen-bond donors (Lipinski definition) is 3. The zero-order chi connectivity index (χ0) is 27.7. The molecule has 0 radical (unpaired) electrons. The molecule has 0 unspecified atom stereocenters. The normalized spacial score (nSPS) is 11.9. The number of aliphatic hydroxyl groups excluding tert-OH is 1. The molecule has 0 aromatic heterocycles. The van der Waals surface area contributed by atoms with E-state index in [1.807, 2.05) is 0 Å². The highest BCUT2D eigenvalue weighted by Crippen LogP contribution is 2.20. The Labute approximate surface area is 219 Å². The highest BCUT2D eigenvalue weighted by molar-refractivity contribution is 7.92. The van der Waals surface area contributed by atoms with Crippen LogP contribution in [0.1, 0.15) is 12.5 Å². The van der Waals surface area contributed by atoms with Crippen molar-refractivity contribution in [3.63, 3.8) is 0 Å². The number of ether oxygens (including phenoxy) is 1. The molecule has 2 amide bonds. The van der Waals surface area contributed by atoms with E-state index in [1.165, 1.54) is 72.5 Å². The van der Waals surface area contributed by atoms with Crippen molar-refractivity contribution in [1.29, 1.82) is 0 Å². The first-order valence-electron chi connectivity index (χ1n) is 11.5. The molecule has 3 aromatic carbocycles. The Morgan fingerprint density at radius 3 is 2.11 bits per heavy atom. The van der Waals surface area contributed by atoms with E-state index in [1.54, 1.807) is 0 Å². The summed E-state index contributed by atoms with van der Waals surface area (Å²) in [7, 11) is -3.95. The number of amides is 2. The van der Waals surface area contributed by atoms with Gasteiger partial charge >= 0.3 is 0 Å². The van der Waals surface area contributed by atoms with Crippen LogP contribution in [0.15, 0.2) is 77.7 Å². The van der Waals surface area contributed by atoms with Crippen LogP contribution in [0.3, 0.4) is 0 Å². The molecule has 1 atom stereocenters. The minimum absolute atomic E-state index is 0.00240. The average molecular weight is 548 g/mol. The van der Waals surface area contributed by atoms with E-state index in [0.29, 0.717) is 5.56 Å². The standard InChI is InChI=1S/C26H27F2N3O6S/c1-18(26(34)29-14-15-32)31(16-19-2-4-20(27)5-3-19)25(33)17-37-23-10-12-24(13-11-23)38(35,36)30-22-8-6-21(28)7-9-22/h2-13,18,30,32H,14-17H2,1H3,(H,29,34)/t18-/m1/s1. The molecule has 38 heavy (non-hydrogen) atoms. The van der Waals surface area contributed by atoms with Crippen LogP contribution in [0.25, 0.3) is 0 Å². The van der Waals surface area contributed by atoms with Gasteiger partial charge in [-0.2, -0.15) is 0 Å². The number of sulfonamides is 1. The molecule has 0 fully saturated rings. The minimum atomic E-state index is -3.95. The Balaban J connectivity index is 1.67. The molecule has 3 rings (SSSR count). The fraction of sp³-hybridized carbons (Fsp3) is 0.231. The minimum Gasteiger partial charge on any atom is -0.484 e. The summed E-state index contributed by atoms with van der Waals surface area (Å²) in [5.41, 5.74) is 0.778. The van der Waals surface area contributed by atoms with Crippen LogP contribution in [-0.4, -0.2) is 56.0 Å². The smallest absolute Gasteiger partial charge is 0.261 e. The fourth-order valence-electron chi connectivity index (χ4n) is 3.37. The van der Waals surface area contributed by atoms with E-state index in [2.05, 4.69) is 10.0 Å². The summed E-state index contributed by atoms with van der Waals surface area (Å²) in [6.07, 6.45) is 0. The number of carbonyl (C=O) groups excluding carboxylic acids is 2. The molecule has 0 saturated carbocycles. The van der Waals surface area contributed by atoms with Gasteiger partial charge in [-0.25, -0.2) is 17.2 Å². The van der Waals surface area contributed by atoms with E-state index in [9.17, 15) is 26.8 Å². The number of carbonyl (C=O) groups is 2. The summed E-state index contributed by atoms with van der Waals surface area (Å²) in [4.78, 5) is 26.7. The second-order valence-electron chi connectivity index (χ2n) is 8.21. The van der Waals surface area contributed by atoms with Gasteiger partial charge in [-0.15, -0.1) is 0 Å². The quantitative estimate of drug-likeness (QED) is 0.320. The average Bonchev–Trinajstić information content (AvgIpc) is 2.91. The summed E-state index contributed by atoms with van der Waals surface area (Å²) in [5, 5.41) is 11.5. The predicted octanol–water partition coefficient (Wildman–Crippen LogP) is 2.67. The van der Waals surface area contributed by atoms with Crippen LogP contribution in [0, 0.1) is 11.6 Å². The van der Waals surface area contributed by atoms with Crippen molar-refractivity contribution in [1.82, 2.24) is 10.2 Å². The molecule has 0 saturated heterocycles. The summed E-state index contributed by atoms with van der Waals surface area (Å²) in [5.74, 6) is -1.77. The van der Waals surface area contributed by atoms with Crippen molar-refractivity contribution >= 4 is 27.5 Å². The van der Waals surface area contributed by atoms with Crippen LogP contribution in [0.2, 0.25) is 0 Å². The number of hydrogen-bond acceptors (Lipinski definition) is 6. The summed E-state index contributed by atoms with van der Waals surface area (Å²) >= 11 is 0. The lowest BCUT2D eigenvalue weighted by Crippen LogP contribution is -2.49. The van der Waals surface area contributed by atoms with Gasteiger partial charge in [-0.3, -0.25) is 14.3 Å². The monoisotopic (exact) mass is 547 g/mol. The number of halogens is 2. The summed E-state index contributed by atoms with van der Waals surface area (Å²) in [6, 6.07) is 14.7. The number of benzene rings is 3. The van der Waals surface area contributed by atoms with E-state index in [-0.39, 0.29) is 36.0 Å². The summed E-state index contributed by atoms with van der Waals surface area (Å²) in [6.45, 7) is 0.811. The number of rotatable bonds is 12. The Morgan fingerprint density at radius 1 is 0.947 bits per heavy atom. The lowest BCUT2D eigenvalue weighted by atomic mass is 10.1. The zero-order valence-corrected chi connectivity index (χ0v) is 21.3. The topological polar surface area (TPSA) is 125 Å². The largest absolute Gasteiger partial charge is 0.484 e. The van der Waals surface area contributed by atoms with Crippen molar-refractivity contribution in [3.8, 4) is 5.75 Å². The predicted molar refractivity (Wildman–Crippen MR) is 136 cm³/mol. The first kappa shape index (κ1) is 28.5. The van der Waals surface area contributed by atoms with Crippen molar-refractivity contribution in [2.75, 3.05) is 24.5 Å². The molecule has 0 bridgehead atoms. The van der Waals surface area contributed by atoms with E-state index >= 15 is 0 Å². The molecule has 0 spiro atoms. The van der Waals surface area contributed by atoms with Gasteiger partial charge in [0.1, 0.15) is 23.4 Å². The van der Waals surface area contributed by atoms with Gasteiger partial charge in [-0.05, 0) is 73.2 Å². The molecule has 0 aliphatic rings. The van der Waals surface area contributed by atoms with Crippen molar-refractivity contribution in [2.24, 2.45) is 0 Å². The molecule has 0 aliphatic heterocycles. The number of nitrogens with zero attached hydrogens (tertiary/aromatic N) is 1. The second-order valence-corrected chi connectivity index (χ2v) is 9.89. The van der Waals surface area contributed by atoms with Gasteiger partial charge in [0.15, 0.2) is 6.61 Å². The van der Waals surface area contributed by atoms with E-state index in [4.69, 9.17) is 9.84 Å². The third-order valence-corrected chi connectivity index (χ3v) is 6.83. The van der Waals surface area contributed by atoms with Crippen LogP contribution in [0.5, 0.6) is 5.75 Å². The molecule has 0 aliphatic carbocycles. The molecular formula is C26H27F2N3O6S.